The number of pyridine rings is 1. The number of aromatic nitrogens is 1. The Kier molecular flexibility index (Phi) is 3.81. The first-order chi connectivity index (χ1) is 6.74. The zero-order valence-electron chi connectivity index (χ0n) is 7.69. The summed E-state index contributed by atoms with van der Waals surface area (Å²) in [5.41, 5.74) is 8.95. The second-order valence-corrected chi connectivity index (χ2v) is 2.84. The van der Waals surface area contributed by atoms with Crippen molar-refractivity contribution >= 4 is 29.4 Å². The number of hydrazone groups is 1. The molecule has 0 unspecified atom stereocenters. The molecule has 1 rings (SSSR count). The third kappa shape index (κ3) is 2.98. The van der Waals surface area contributed by atoms with Crippen molar-refractivity contribution in [3.63, 3.8) is 0 Å². The lowest BCUT2D eigenvalue weighted by Gasteiger charge is -2.00. The highest BCUT2D eigenvalue weighted by molar-refractivity contribution is 7.80. The van der Waals surface area contributed by atoms with Gasteiger partial charge in [-0.3, -0.25) is 5.43 Å². The van der Waals surface area contributed by atoms with E-state index in [9.17, 15) is 0 Å². The van der Waals surface area contributed by atoms with Crippen molar-refractivity contribution in [1.82, 2.24) is 15.7 Å². The fourth-order valence-electron chi connectivity index (χ4n) is 0.755. The molecular weight excluding hydrogens is 198 g/mol. The number of anilines is 1. The smallest absolute Gasteiger partial charge is 0.186 e. The molecule has 0 aliphatic carbocycles. The SMILES string of the molecule is CNC(=S)N/N=C/c1cccnc1N. The molecule has 0 saturated carbocycles. The van der Waals surface area contributed by atoms with Gasteiger partial charge in [0.25, 0.3) is 0 Å². The molecule has 0 fully saturated rings. The second-order valence-electron chi connectivity index (χ2n) is 2.43. The van der Waals surface area contributed by atoms with Gasteiger partial charge in [-0.15, -0.1) is 0 Å². The molecule has 1 aromatic heterocycles. The Balaban J connectivity index is 2.60. The van der Waals surface area contributed by atoms with Crippen molar-refractivity contribution in [3.8, 4) is 0 Å². The van der Waals surface area contributed by atoms with Crippen LogP contribution < -0.4 is 16.5 Å². The Morgan fingerprint density at radius 2 is 2.50 bits per heavy atom. The lowest BCUT2D eigenvalue weighted by atomic mass is 10.3. The van der Waals surface area contributed by atoms with Gasteiger partial charge >= 0.3 is 0 Å². The summed E-state index contributed by atoms with van der Waals surface area (Å²) >= 11 is 4.82. The van der Waals surface area contributed by atoms with E-state index < -0.39 is 0 Å². The van der Waals surface area contributed by atoms with E-state index in [0.717, 1.165) is 5.56 Å². The van der Waals surface area contributed by atoms with Crippen LogP contribution in [0.15, 0.2) is 23.4 Å². The minimum absolute atomic E-state index is 0.438. The normalized spacial score (nSPS) is 10.1. The summed E-state index contributed by atoms with van der Waals surface area (Å²) < 4.78 is 0. The van der Waals surface area contributed by atoms with Crippen molar-refractivity contribution in [2.24, 2.45) is 5.10 Å². The Morgan fingerprint density at radius 3 is 3.14 bits per heavy atom. The Hall–Kier alpha value is -1.69. The highest BCUT2D eigenvalue weighted by Gasteiger charge is 1.93. The number of nitrogens with one attached hydrogen (secondary N) is 2. The van der Waals surface area contributed by atoms with Crippen molar-refractivity contribution < 1.29 is 0 Å². The second kappa shape index (κ2) is 5.13. The molecule has 0 radical (unpaired) electrons. The van der Waals surface area contributed by atoms with Gasteiger partial charge in [0, 0.05) is 18.8 Å². The molecule has 0 saturated heterocycles. The van der Waals surface area contributed by atoms with E-state index in [-0.39, 0.29) is 0 Å². The first kappa shape index (κ1) is 10.4. The van der Waals surface area contributed by atoms with Gasteiger partial charge in [0.15, 0.2) is 5.11 Å². The molecule has 0 spiro atoms. The molecule has 0 aliphatic rings. The number of hydrogen-bond donors (Lipinski definition) is 3. The molecule has 5 nitrogen and oxygen atoms in total. The molecule has 1 aromatic rings. The Labute approximate surface area is 87.4 Å². The van der Waals surface area contributed by atoms with Gasteiger partial charge in [-0.25, -0.2) is 4.98 Å². The highest BCUT2D eigenvalue weighted by atomic mass is 32.1. The number of nitrogen functional groups attached to an aromatic ring is 1. The predicted molar refractivity (Wildman–Crippen MR) is 61.0 cm³/mol. The third-order valence-corrected chi connectivity index (χ3v) is 1.76. The van der Waals surface area contributed by atoms with Crippen LogP contribution in [-0.4, -0.2) is 23.4 Å². The Bertz CT molecular complexity index is 349. The van der Waals surface area contributed by atoms with E-state index in [1.165, 1.54) is 0 Å². The lowest BCUT2D eigenvalue weighted by Crippen LogP contribution is -2.28. The molecule has 0 amide bonds. The molecule has 0 aliphatic heterocycles. The van der Waals surface area contributed by atoms with E-state index in [1.807, 2.05) is 6.07 Å². The van der Waals surface area contributed by atoms with Crippen LogP contribution in [0.1, 0.15) is 5.56 Å². The summed E-state index contributed by atoms with van der Waals surface area (Å²) in [6.45, 7) is 0. The molecule has 74 valence electrons. The zero-order valence-corrected chi connectivity index (χ0v) is 8.51. The van der Waals surface area contributed by atoms with Crippen LogP contribution >= 0.6 is 12.2 Å². The van der Waals surface area contributed by atoms with Gasteiger partial charge < -0.3 is 11.1 Å². The topological polar surface area (TPSA) is 75.3 Å². The summed E-state index contributed by atoms with van der Waals surface area (Å²) in [7, 11) is 1.71. The first-order valence-electron chi connectivity index (χ1n) is 3.95. The first-order valence-corrected chi connectivity index (χ1v) is 4.36. The number of thiocarbonyl (C=S) groups is 1. The number of hydrogen-bond acceptors (Lipinski definition) is 4. The monoisotopic (exact) mass is 209 g/mol. The molecule has 0 aromatic carbocycles. The van der Waals surface area contributed by atoms with Gasteiger partial charge in [0.2, 0.25) is 0 Å². The summed E-state index contributed by atoms with van der Waals surface area (Å²) in [4.78, 5) is 3.91. The van der Waals surface area contributed by atoms with E-state index in [4.69, 9.17) is 18.0 Å². The summed E-state index contributed by atoms with van der Waals surface area (Å²) in [6.07, 6.45) is 3.18. The average molecular weight is 209 g/mol. The summed E-state index contributed by atoms with van der Waals surface area (Å²) in [5.74, 6) is 0.438. The zero-order chi connectivity index (χ0) is 10.4. The maximum absolute atomic E-state index is 5.59. The van der Waals surface area contributed by atoms with Gasteiger partial charge in [-0.1, -0.05) is 0 Å². The van der Waals surface area contributed by atoms with E-state index in [1.54, 1.807) is 25.5 Å². The minimum Gasteiger partial charge on any atom is -0.383 e. The fourth-order valence-corrected chi connectivity index (χ4v) is 0.808. The quantitative estimate of drug-likeness (QED) is 0.366. The summed E-state index contributed by atoms with van der Waals surface area (Å²) in [6, 6.07) is 3.60. The van der Waals surface area contributed by atoms with Gasteiger partial charge in [0.05, 0.1) is 6.21 Å². The fraction of sp³-hybridized carbons (Fsp3) is 0.125. The van der Waals surface area contributed by atoms with Crippen LogP contribution in [0.5, 0.6) is 0 Å². The van der Waals surface area contributed by atoms with E-state index in [2.05, 4.69) is 20.8 Å². The number of nitrogens with two attached hydrogens (primary N) is 1. The lowest BCUT2D eigenvalue weighted by molar-refractivity contribution is 0.982. The molecule has 1 heterocycles. The van der Waals surface area contributed by atoms with Crippen LogP contribution in [0.2, 0.25) is 0 Å². The van der Waals surface area contributed by atoms with Gasteiger partial charge in [-0.05, 0) is 24.4 Å². The molecule has 4 N–H and O–H groups in total. The Morgan fingerprint density at radius 1 is 1.71 bits per heavy atom. The predicted octanol–water partition coefficient (Wildman–Crippen LogP) is 0.0916. The number of nitrogens with zero attached hydrogens (tertiary/aromatic N) is 2. The van der Waals surface area contributed by atoms with E-state index in [0.29, 0.717) is 10.9 Å². The molecule has 0 bridgehead atoms. The van der Waals surface area contributed by atoms with Crippen LogP contribution in [0.3, 0.4) is 0 Å². The van der Waals surface area contributed by atoms with Crippen LogP contribution in [0.4, 0.5) is 5.82 Å². The number of rotatable bonds is 2. The molecular formula is C8H11N5S. The van der Waals surface area contributed by atoms with Crippen molar-refractivity contribution in [3.05, 3.63) is 23.9 Å². The highest BCUT2D eigenvalue weighted by Crippen LogP contribution is 2.02. The molecule has 6 heteroatoms. The van der Waals surface area contributed by atoms with Gasteiger partial charge in [0.1, 0.15) is 5.82 Å². The summed E-state index contributed by atoms with van der Waals surface area (Å²) in [5, 5.41) is 7.05. The van der Waals surface area contributed by atoms with Crippen LogP contribution in [0, 0.1) is 0 Å². The maximum atomic E-state index is 5.59. The largest absolute Gasteiger partial charge is 0.383 e. The van der Waals surface area contributed by atoms with Crippen molar-refractivity contribution in [2.45, 2.75) is 0 Å². The molecule has 0 atom stereocenters. The van der Waals surface area contributed by atoms with E-state index >= 15 is 0 Å². The average Bonchev–Trinajstić information content (AvgIpc) is 2.20. The third-order valence-electron chi connectivity index (χ3n) is 1.47. The van der Waals surface area contributed by atoms with Crippen LogP contribution in [-0.2, 0) is 0 Å². The van der Waals surface area contributed by atoms with Crippen molar-refractivity contribution in [1.29, 1.82) is 0 Å². The maximum Gasteiger partial charge on any atom is 0.186 e. The molecule has 14 heavy (non-hydrogen) atoms. The van der Waals surface area contributed by atoms with Gasteiger partial charge in [-0.2, -0.15) is 5.10 Å². The standard InChI is InChI=1S/C8H11N5S/c1-10-8(14)13-12-5-6-3-2-4-11-7(6)9/h2-5H,1H3,(H2,9,11)(H2,10,13,14)/b12-5+. The van der Waals surface area contributed by atoms with Crippen molar-refractivity contribution in [2.75, 3.05) is 12.8 Å². The van der Waals surface area contributed by atoms with Crippen LogP contribution in [0.25, 0.3) is 0 Å². The minimum atomic E-state index is 0.438.